The van der Waals surface area contributed by atoms with E-state index in [4.69, 9.17) is 14.6 Å². The average Bonchev–Trinajstić information content (AvgIpc) is 2.45. The molecule has 1 heterocycles. The molecule has 1 N–H and O–H groups in total. The molecule has 0 saturated heterocycles. The van der Waals surface area contributed by atoms with E-state index in [0.717, 1.165) is 12.3 Å². The van der Waals surface area contributed by atoms with E-state index < -0.39 is 11.8 Å². The SMILES string of the molecule is O=C(O)c1cc(F)cnc1OCCOc1ccccc1. The van der Waals surface area contributed by atoms with Gasteiger partial charge in [0.1, 0.15) is 30.3 Å². The van der Waals surface area contributed by atoms with Crippen molar-refractivity contribution in [1.29, 1.82) is 0 Å². The number of benzene rings is 1. The summed E-state index contributed by atoms with van der Waals surface area (Å²) in [6.45, 7) is 0.329. The smallest absolute Gasteiger partial charge is 0.341 e. The van der Waals surface area contributed by atoms with Crippen molar-refractivity contribution in [3.05, 3.63) is 54.0 Å². The van der Waals surface area contributed by atoms with Gasteiger partial charge in [0.2, 0.25) is 5.88 Å². The fourth-order valence-electron chi connectivity index (χ4n) is 1.51. The van der Waals surface area contributed by atoms with Gasteiger partial charge in [0, 0.05) is 0 Å². The Morgan fingerprint density at radius 2 is 1.90 bits per heavy atom. The molecule has 0 aliphatic heterocycles. The van der Waals surface area contributed by atoms with Crippen molar-refractivity contribution in [3.8, 4) is 11.6 Å². The van der Waals surface area contributed by atoms with E-state index in [0.29, 0.717) is 5.75 Å². The van der Waals surface area contributed by atoms with Crippen LogP contribution < -0.4 is 9.47 Å². The molecule has 0 aliphatic rings. The Morgan fingerprint density at radius 3 is 2.60 bits per heavy atom. The van der Waals surface area contributed by atoms with Crippen molar-refractivity contribution in [2.45, 2.75) is 0 Å². The molecule has 0 aliphatic carbocycles. The highest BCUT2D eigenvalue weighted by Gasteiger charge is 2.14. The Balaban J connectivity index is 1.90. The standard InChI is InChI=1S/C14H12FNO4/c15-10-8-12(14(17)18)13(16-9-10)20-7-6-19-11-4-2-1-3-5-11/h1-5,8-9H,6-7H2,(H,17,18). The van der Waals surface area contributed by atoms with Crippen molar-refractivity contribution < 1.29 is 23.8 Å². The molecule has 0 saturated carbocycles. The molecular weight excluding hydrogens is 265 g/mol. The van der Waals surface area contributed by atoms with E-state index in [1.165, 1.54) is 0 Å². The molecule has 0 fully saturated rings. The van der Waals surface area contributed by atoms with E-state index in [9.17, 15) is 9.18 Å². The maximum Gasteiger partial charge on any atom is 0.341 e. The summed E-state index contributed by atoms with van der Waals surface area (Å²) in [5.41, 5.74) is -0.315. The second-order valence-electron chi connectivity index (χ2n) is 3.82. The first-order valence-corrected chi connectivity index (χ1v) is 5.86. The quantitative estimate of drug-likeness (QED) is 0.821. The number of carboxylic acid groups (broad SMARTS) is 1. The number of hydrogen-bond acceptors (Lipinski definition) is 4. The summed E-state index contributed by atoms with van der Waals surface area (Å²) in [7, 11) is 0. The molecule has 0 amide bonds. The fraction of sp³-hybridized carbons (Fsp3) is 0.143. The Labute approximate surface area is 114 Å². The molecule has 2 rings (SSSR count). The van der Waals surface area contributed by atoms with Crippen LogP contribution in [0.1, 0.15) is 10.4 Å². The molecule has 0 unspecified atom stereocenters. The van der Waals surface area contributed by atoms with Gasteiger partial charge in [0.15, 0.2) is 0 Å². The van der Waals surface area contributed by atoms with Crippen LogP contribution in [0, 0.1) is 5.82 Å². The average molecular weight is 277 g/mol. The second kappa shape index (κ2) is 6.51. The summed E-state index contributed by atoms with van der Waals surface area (Å²) < 4.78 is 23.5. The first-order chi connectivity index (χ1) is 9.66. The van der Waals surface area contributed by atoms with Gasteiger partial charge in [-0.3, -0.25) is 0 Å². The van der Waals surface area contributed by atoms with E-state index >= 15 is 0 Å². The number of nitrogens with zero attached hydrogens (tertiary/aromatic N) is 1. The maximum absolute atomic E-state index is 12.9. The third-order valence-electron chi connectivity index (χ3n) is 2.38. The topological polar surface area (TPSA) is 68.7 Å². The van der Waals surface area contributed by atoms with Gasteiger partial charge >= 0.3 is 5.97 Å². The molecule has 1 aromatic heterocycles. The Kier molecular flexibility index (Phi) is 4.49. The molecular formula is C14H12FNO4. The summed E-state index contributed by atoms with van der Waals surface area (Å²) in [5.74, 6) is -1.47. The lowest BCUT2D eigenvalue weighted by atomic mass is 10.3. The van der Waals surface area contributed by atoms with Gasteiger partial charge in [-0.25, -0.2) is 14.2 Å². The fourth-order valence-corrected chi connectivity index (χ4v) is 1.51. The monoisotopic (exact) mass is 277 g/mol. The van der Waals surface area contributed by atoms with Crippen molar-refractivity contribution in [3.63, 3.8) is 0 Å². The molecule has 5 nitrogen and oxygen atoms in total. The highest BCUT2D eigenvalue weighted by atomic mass is 19.1. The third-order valence-corrected chi connectivity index (χ3v) is 2.38. The number of rotatable bonds is 6. The first-order valence-electron chi connectivity index (χ1n) is 5.86. The van der Waals surface area contributed by atoms with Gasteiger partial charge in [-0.2, -0.15) is 0 Å². The van der Waals surface area contributed by atoms with Crippen molar-refractivity contribution in [2.75, 3.05) is 13.2 Å². The highest BCUT2D eigenvalue weighted by Crippen LogP contribution is 2.16. The Morgan fingerprint density at radius 1 is 1.20 bits per heavy atom. The number of halogens is 1. The highest BCUT2D eigenvalue weighted by molar-refractivity contribution is 5.90. The molecule has 6 heteroatoms. The van der Waals surface area contributed by atoms with E-state index in [1.54, 1.807) is 12.1 Å². The molecule has 1 aromatic carbocycles. The minimum Gasteiger partial charge on any atom is -0.490 e. The summed E-state index contributed by atoms with van der Waals surface area (Å²) in [6.07, 6.45) is 0.903. The van der Waals surface area contributed by atoms with Gasteiger partial charge in [0.25, 0.3) is 0 Å². The lowest BCUT2D eigenvalue weighted by Crippen LogP contribution is -2.12. The summed E-state index contributed by atoms with van der Waals surface area (Å²) in [5, 5.41) is 8.91. The van der Waals surface area contributed by atoms with Crippen LogP contribution in [0.3, 0.4) is 0 Å². The molecule has 20 heavy (non-hydrogen) atoms. The molecule has 0 spiro atoms. The van der Waals surface area contributed by atoms with Crippen LogP contribution in [0.25, 0.3) is 0 Å². The second-order valence-corrected chi connectivity index (χ2v) is 3.82. The minimum absolute atomic E-state index is 0.105. The van der Waals surface area contributed by atoms with Crippen LogP contribution >= 0.6 is 0 Å². The van der Waals surface area contributed by atoms with E-state index in [-0.39, 0.29) is 24.7 Å². The molecule has 104 valence electrons. The number of carboxylic acids is 1. The summed E-state index contributed by atoms with van der Waals surface area (Å²) in [6, 6.07) is 9.98. The lowest BCUT2D eigenvalue weighted by molar-refractivity contribution is 0.0689. The van der Waals surface area contributed by atoms with Crippen LogP contribution in [0.2, 0.25) is 0 Å². The minimum atomic E-state index is -1.30. The van der Waals surface area contributed by atoms with Crippen LogP contribution in [0.5, 0.6) is 11.6 Å². The van der Waals surface area contributed by atoms with Crippen molar-refractivity contribution in [2.24, 2.45) is 0 Å². The number of ether oxygens (including phenoxy) is 2. The van der Waals surface area contributed by atoms with Crippen LogP contribution in [0.15, 0.2) is 42.6 Å². The molecule has 2 aromatic rings. The molecule has 0 atom stereocenters. The predicted molar refractivity (Wildman–Crippen MR) is 68.6 cm³/mol. The van der Waals surface area contributed by atoms with Crippen LogP contribution in [0.4, 0.5) is 4.39 Å². The zero-order valence-electron chi connectivity index (χ0n) is 10.5. The largest absolute Gasteiger partial charge is 0.490 e. The van der Waals surface area contributed by atoms with Crippen LogP contribution in [-0.4, -0.2) is 29.3 Å². The zero-order chi connectivity index (χ0) is 14.4. The normalized spacial score (nSPS) is 10.1. The number of pyridine rings is 1. The molecule has 0 radical (unpaired) electrons. The zero-order valence-corrected chi connectivity index (χ0v) is 10.5. The van der Waals surface area contributed by atoms with Gasteiger partial charge in [-0.1, -0.05) is 18.2 Å². The summed E-state index contributed by atoms with van der Waals surface area (Å²) in [4.78, 5) is 14.5. The Hall–Kier alpha value is -2.63. The lowest BCUT2D eigenvalue weighted by Gasteiger charge is -2.09. The predicted octanol–water partition coefficient (Wildman–Crippen LogP) is 2.38. The van der Waals surface area contributed by atoms with Gasteiger partial charge in [-0.05, 0) is 18.2 Å². The number of aromatic carboxylic acids is 1. The van der Waals surface area contributed by atoms with Crippen LogP contribution in [-0.2, 0) is 0 Å². The molecule has 0 bridgehead atoms. The number of para-hydroxylation sites is 1. The van der Waals surface area contributed by atoms with Gasteiger partial charge < -0.3 is 14.6 Å². The number of hydrogen-bond donors (Lipinski definition) is 1. The van der Waals surface area contributed by atoms with Crippen molar-refractivity contribution in [1.82, 2.24) is 4.98 Å². The van der Waals surface area contributed by atoms with Gasteiger partial charge in [-0.15, -0.1) is 0 Å². The van der Waals surface area contributed by atoms with E-state index in [1.807, 2.05) is 18.2 Å². The van der Waals surface area contributed by atoms with E-state index in [2.05, 4.69) is 4.98 Å². The van der Waals surface area contributed by atoms with Crippen molar-refractivity contribution >= 4 is 5.97 Å². The van der Waals surface area contributed by atoms with Gasteiger partial charge in [0.05, 0.1) is 6.20 Å². The summed E-state index contributed by atoms with van der Waals surface area (Å²) >= 11 is 0. The maximum atomic E-state index is 12.9. The Bertz CT molecular complexity index is 589. The third kappa shape index (κ3) is 3.68. The first kappa shape index (κ1) is 13.8. The number of carbonyl (C=O) groups is 1. The number of aromatic nitrogens is 1.